The van der Waals surface area contributed by atoms with Gasteiger partial charge in [-0.3, -0.25) is 9.59 Å². The van der Waals surface area contributed by atoms with Gasteiger partial charge in [0.25, 0.3) is 11.8 Å². The average Bonchev–Trinajstić information content (AvgIpc) is 3.26. The minimum atomic E-state index is -0.826. The monoisotopic (exact) mass is 567 g/mol. The Morgan fingerprint density at radius 2 is 1.97 bits per heavy atom. The molecule has 0 saturated carbocycles. The first kappa shape index (κ1) is 28.3. The summed E-state index contributed by atoms with van der Waals surface area (Å²) in [6.07, 6.45) is 3.33. The topological polar surface area (TPSA) is 106 Å². The predicted octanol–water partition coefficient (Wildman–Crippen LogP) is 5.87. The Bertz CT molecular complexity index is 1390. The number of ether oxygens (including phenoxy) is 2. The highest BCUT2D eigenvalue weighted by molar-refractivity contribution is 7.17. The summed E-state index contributed by atoms with van der Waals surface area (Å²) in [5.41, 5.74) is 5.03. The maximum absolute atomic E-state index is 13.0. The second-order valence-electron chi connectivity index (χ2n) is 9.30. The number of benzene rings is 2. The van der Waals surface area contributed by atoms with Crippen molar-refractivity contribution < 1.29 is 23.9 Å². The van der Waals surface area contributed by atoms with Gasteiger partial charge >= 0.3 is 5.97 Å². The fourth-order valence-corrected chi connectivity index (χ4v) is 5.82. The second kappa shape index (κ2) is 12.9. The number of halogens is 1. The smallest absolute Gasteiger partial charge is 0.341 e. The van der Waals surface area contributed by atoms with Crippen LogP contribution in [0.2, 0.25) is 5.02 Å². The molecular weight excluding hydrogens is 538 g/mol. The minimum absolute atomic E-state index is 0.263. The molecule has 3 aromatic rings. The van der Waals surface area contributed by atoms with Crippen molar-refractivity contribution in [2.24, 2.45) is 11.0 Å². The molecule has 1 aliphatic rings. The molecule has 4 rings (SSSR count). The number of carbonyl (C=O) groups is 3. The van der Waals surface area contributed by atoms with Crippen molar-refractivity contribution in [1.82, 2.24) is 5.43 Å². The van der Waals surface area contributed by atoms with Gasteiger partial charge in [0.1, 0.15) is 10.8 Å². The molecule has 39 heavy (non-hydrogen) atoms. The van der Waals surface area contributed by atoms with E-state index >= 15 is 0 Å². The number of fused-ring (bicyclic) bond motifs is 1. The van der Waals surface area contributed by atoms with Crippen molar-refractivity contribution in [2.45, 2.75) is 46.1 Å². The largest absolute Gasteiger partial charge is 0.481 e. The molecule has 0 radical (unpaired) electrons. The molecule has 0 bridgehead atoms. The highest BCUT2D eigenvalue weighted by atomic mass is 35.5. The van der Waals surface area contributed by atoms with Crippen molar-refractivity contribution in [3.8, 4) is 5.75 Å². The van der Waals surface area contributed by atoms with Gasteiger partial charge in [-0.15, -0.1) is 11.3 Å². The number of nitrogens with one attached hydrogen (secondary N) is 2. The molecule has 10 heteroatoms. The van der Waals surface area contributed by atoms with E-state index in [9.17, 15) is 14.4 Å². The zero-order valence-corrected chi connectivity index (χ0v) is 23.5. The third-order valence-electron chi connectivity index (χ3n) is 6.25. The standard InChI is InChI=1S/C29H30ClN3O5S/c1-4-37-29(36)25-23-13-8-17(2)14-24(23)39-28(25)32-27(35)20-9-11-22(12-10-20)38-18(3)26(34)33-31-16-19-6-5-7-21(30)15-19/h5-7,9-12,15-18H,4,8,13-14H2,1-3H3,(H,32,35)(H,33,34)/b31-16-/t17-,18+/m1/s1. The number of rotatable bonds is 9. The Labute approximate surface area is 236 Å². The molecule has 0 unspecified atom stereocenters. The Morgan fingerprint density at radius 3 is 2.69 bits per heavy atom. The fraction of sp³-hybridized carbons (Fsp3) is 0.310. The lowest BCUT2D eigenvalue weighted by atomic mass is 9.88. The van der Waals surface area contributed by atoms with Gasteiger partial charge in [0.2, 0.25) is 0 Å². The molecule has 0 spiro atoms. The summed E-state index contributed by atoms with van der Waals surface area (Å²) in [4.78, 5) is 39.2. The fourth-order valence-electron chi connectivity index (χ4n) is 4.22. The molecule has 8 nitrogen and oxygen atoms in total. The van der Waals surface area contributed by atoms with E-state index in [2.05, 4.69) is 22.8 Å². The van der Waals surface area contributed by atoms with E-state index in [4.69, 9.17) is 21.1 Å². The minimum Gasteiger partial charge on any atom is -0.481 e. The first-order valence-corrected chi connectivity index (χ1v) is 13.9. The van der Waals surface area contributed by atoms with Crippen molar-refractivity contribution >= 4 is 51.9 Å². The lowest BCUT2D eigenvalue weighted by Gasteiger charge is -2.18. The van der Waals surface area contributed by atoms with Gasteiger partial charge in [-0.1, -0.05) is 30.7 Å². The zero-order chi connectivity index (χ0) is 27.9. The number of thiophene rings is 1. The maximum Gasteiger partial charge on any atom is 0.341 e. The van der Waals surface area contributed by atoms with Gasteiger partial charge < -0.3 is 14.8 Å². The van der Waals surface area contributed by atoms with Crippen molar-refractivity contribution in [3.63, 3.8) is 0 Å². The maximum atomic E-state index is 13.0. The summed E-state index contributed by atoms with van der Waals surface area (Å²) in [6, 6.07) is 13.5. The molecule has 2 aromatic carbocycles. The van der Waals surface area contributed by atoms with E-state index in [0.717, 1.165) is 35.3 Å². The quantitative estimate of drug-likeness (QED) is 0.191. The highest BCUT2D eigenvalue weighted by Crippen LogP contribution is 2.40. The third kappa shape index (κ3) is 7.25. The number of hydrazone groups is 1. The molecule has 2 amide bonds. The molecule has 204 valence electrons. The first-order valence-electron chi connectivity index (χ1n) is 12.7. The zero-order valence-electron chi connectivity index (χ0n) is 22.0. The lowest BCUT2D eigenvalue weighted by Crippen LogP contribution is -2.33. The van der Waals surface area contributed by atoms with Gasteiger partial charge in [-0.2, -0.15) is 5.10 Å². The number of anilines is 1. The van der Waals surface area contributed by atoms with Gasteiger partial charge in [-0.25, -0.2) is 10.2 Å². The van der Waals surface area contributed by atoms with Crippen LogP contribution in [-0.4, -0.2) is 36.7 Å². The summed E-state index contributed by atoms with van der Waals surface area (Å²) in [6.45, 7) is 5.81. The Hall–Kier alpha value is -3.69. The summed E-state index contributed by atoms with van der Waals surface area (Å²) >= 11 is 7.39. The Balaban J connectivity index is 1.37. The first-order chi connectivity index (χ1) is 18.7. The number of esters is 1. The Morgan fingerprint density at radius 1 is 1.21 bits per heavy atom. The second-order valence-corrected chi connectivity index (χ2v) is 10.8. The molecule has 0 aliphatic heterocycles. The average molecular weight is 568 g/mol. The molecule has 0 saturated heterocycles. The van der Waals surface area contributed by atoms with Crippen LogP contribution in [0.5, 0.6) is 5.75 Å². The predicted molar refractivity (Wildman–Crippen MR) is 153 cm³/mol. The van der Waals surface area contributed by atoms with Gasteiger partial charge in [-0.05, 0) is 86.6 Å². The SMILES string of the molecule is CCOC(=O)c1c(NC(=O)c2ccc(O[C@@H](C)C(=O)N/N=C\c3cccc(Cl)c3)cc2)sc2c1CC[C@@H](C)C2. The van der Waals surface area contributed by atoms with Gasteiger partial charge in [0, 0.05) is 15.5 Å². The van der Waals surface area contributed by atoms with Crippen LogP contribution in [0.15, 0.2) is 53.6 Å². The molecule has 1 aromatic heterocycles. The van der Waals surface area contributed by atoms with Crippen LogP contribution >= 0.6 is 22.9 Å². The molecule has 2 atom stereocenters. The van der Waals surface area contributed by atoms with E-state index in [1.165, 1.54) is 17.6 Å². The van der Waals surface area contributed by atoms with E-state index in [-0.39, 0.29) is 12.5 Å². The highest BCUT2D eigenvalue weighted by Gasteiger charge is 2.29. The van der Waals surface area contributed by atoms with Crippen LogP contribution in [0.1, 0.15) is 63.9 Å². The molecule has 0 fully saturated rings. The number of hydrogen-bond donors (Lipinski definition) is 2. The van der Waals surface area contributed by atoms with Gasteiger partial charge in [0.05, 0.1) is 18.4 Å². The summed E-state index contributed by atoms with van der Waals surface area (Å²) in [7, 11) is 0. The van der Waals surface area contributed by atoms with Crippen LogP contribution in [0.25, 0.3) is 0 Å². The van der Waals surface area contributed by atoms with E-state index in [1.54, 1.807) is 56.3 Å². The molecule has 1 aliphatic carbocycles. The van der Waals surface area contributed by atoms with Crippen LogP contribution < -0.4 is 15.5 Å². The number of carbonyl (C=O) groups excluding carboxylic acids is 3. The molecule has 1 heterocycles. The summed E-state index contributed by atoms with van der Waals surface area (Å²) in [5, 5.41) is 7.93. The van der Waals surface area contributed by atoms with Crippen molar-refractivity contribution in [1.29, 1.82) is 0 Å². The van der Waals surface area contributed by atoms with Gasteiger partial charge in [0.15, 0.2) is 6.10 Å². The Kier molecular flexibility index (Phi) is 9.37. The summed E-state index contributed by atoms with van der Waals surface area (Å²) in [5.74, 6) is -0.243. The number of nitrogens with zero attached hydrogens (tertiary/aromatic N) is 1. The van der Waals surface area contributed by atoms with Crippen LogP contribution in [0.3, 0.4) is 0 Å². The van der Waals surface area contributed by atoms with Crippen molar-refractivity contribution in [2.75, 3.05) is 11.9 Å². The van der Waals surface area contributed by atoms with Crippen LogP contribution in [0.4, 0.5) is 5.00 Å². The number of amides is 2. The van der Waals surface area contributed by atoms with E-state index < -0.39 is 18.0 Å². The number of hydrogen-bond acceptors (Lipinski definition) is 7. The summed E-state index contributed by atoms with van der Waals surface area (Å²) < 4.78 is 11.0. The van der Waals surface area contributed by atoms with Crippen molar-refractivity contribution in [3.05, 3.63) is 80.7 Å². The van der Waals surface area contributed by atoms with E-state index in [0.29, 0.717) is 32.8 Å². The van der Waals surface area contributed by atoms with E-state index in [1.807, 2.05) is 6.07 Å². The lowest BCUT2D eigenvalue weighted by molar-refractivity contribution is -0.127. The third-order valence-corrected chi connectivity index (χ3v) is 7.66. The molecular formula is C29H30ClN3O5S. The normalized spacial score (nSPS) is 15.3. The molecule has 2 N–H and O–H groups in total. The van der Waals surface area contributed by atoms with Crippen LogP contribution in [-0.2, 0) is 22.4 Å². The van der Waals surface area contributed by atoms with Crippen LogP contribution in [0, 0.1) is 5.92 Å².